The summed E-state index contributed by atoms with van der Waals surface area (Å²) in [5.74, 6) is -1.19. The van der Waals surface area contributed by atoms with Crippen LogP contribution < -0.4 is 10.6 Å². The quantitative estimate of drug-likeness (QED) is 0.215. The fourth-order valence-electron chi connectivity index (χ4n) is 2.48. The van der Waals surface area contributed by atoms with Crippen LogP contribution in [0.4, 0.5) is 11.4 Å². The van der Waals surface area contributed by atoms with Gasteiger partial charge in [-0.2, -0.15) is 0 Å². The predicted octanol–water partition coefficient (Wildman–Crippen LogP) is 4.92. The molecule has 0 saturated carbocycles. The first kappa shape index (κ1) is 21.7. The van der Waals surface area contributed by atoms with Crippen LogP contribution in [0.3, 0.4) is 0 Å². The standard InChI is InChI=1S/C22H16BrN3O5/c23-20-14-13-19(31-20)22(28)25-18(8-4-7-15-5-2-1-3-6-15)21(27)24-16-9-11-17(12-10-16)26(29)30/h1-14H,(H,24,27)(H,25,28). The molecule has 2 aromatic carbocycles. The molecule has 1 aromatic heterocycles. The number of furan rings is 1. The first-order chi connectivity index (χ1) is 14.9. The topological polar surface area (TPSA) is 114 Å². The van der Waals surface area contributed by atoms with E-state index in [1.54, 1.807) is 18.2 Å². The molecule has 0 bridgehead atoms. The number of nitrogens with zero attached hydrogens (tertiary/aromatic N) is 1. The number of nitro groups is 1. The van der Waals surface area contributed by atoms with Gasteiger partial charge < -0.3 is 15.1 Å². The molecular formula is C22H16BrN3O5. The second-order valence-electron chi connectivity index (χ2n) is 6.17. The Kier molecular flexibility index (Phi) is 7.13. The minimum Gasteiger partial charge on any atom is -0.444 e. The predicted molar refractivity (Wildman–Crippen MR) is 119 cm³/mol. The van der Waals surface area contributed by atoms with Gasteiger partial charge in [0, 0.05) is 17.8 Å². The van der Waals surface area contributed by atoms with Crippen molar-refractivity contribution in [1.29, 1.82) is 0 Å². The molecule has 2 amide bonds. The molecule has 0 atom stereocenters. The zero-order chi connectivity index (χ0) is 22.2. The second-order valence-corrected chi connectivity index (χ2v) is 6.95. The van der Waals surface area contributed by atoms with Crippen molar-refractivity contribution in [1.82, 2.24) is 5.32 Å². The van der Waals surface area contributed by atoms with Gasteiger partial charge in [-0.1, -0.05) is 42.5 Å². The number of carbonyl (C=O) groups is 2. The maximum absolute atomic E-state index is 12.7. The number of carbonyl (C=O) groups excluding carboxylic acids is 2. The van der Waals surface area contributed by atoms with Crippen LogP contribution in [0.2, 0.25) is 0 Å². The van der Waals surface area contributed by atoms with Gasteiger partial charge in [-0.05, 0) is 51.8 Å². The summed E-state index contributed by atoms with van der Waals surface area (Å²) in [5, 5.41) is 15.9. The molecule has 9 heteroatoms. The molecule has 31 heavy (non-hydrogen) atoms. The zero-order valence-electron chi connectivity index (χ0n) is 15.9. The summed E-state index contributed by atoms with van der Waals surface area (Å²) >= 11 is 3.12. The van der Waals surface area contributed by atoms with E-state index in [0.717, 1.165) is 5.56 Å². The lowest BCUT2D eigenvalue weighted by molar-refractivity contribution is -0.384. The van der Waals surface area contributed by atoms with Crippen LogP contribution in [0, 0.1) is 10.1 Å². The smallest absolute Gasteiger partial charge is 0.291 e. The SMILES string of the molecule is O=C(Nc1ccc([N+](=O)[O-])cc1)C(=CC=Cc1ccccc1)NC(=O)c1ccc(Br)o1. The molecule has 156 valence electrons. The van der Waals surface area contributed by atoms with E-state index in [4.69, 9.17) is 4.42 Å². The summed E-state index contributed by atoms with van der Waals surface area (Å²) in [6.07, 6.45) is 4.84. The van der Waals surface area contributed by atoms with Gasteiger partial charge in [0.1, 0.15) is 5.70 Å². The summed E-state index contributed by atoms with van der Waals surface area (Å²) in [4.78, 5) is 35.4. The average molecular weight is 482 g/mol. The third-order valence-electron chi connectivity index (χ3n) is 3.98. The van der Waals surface area contributed by atoms with E-state index < -0.39 is 16.7 Å². The molecule has 1 heterocycles. The van der Waals surface area contributed by atoms with E-state index in [-0.39, 0.29) is 17.1 Å². The molecule has 0 unspecified atom stereocenters. The third-order valence-corrected chi connectivity index (χ3v) is 4.40. The van der Waals surface area contributed by atoms with Crippen LogP contribution in [0.15, 0.2) is 93.7 Å². The highest BCUT2D eigenvalue weighted by Crippen LogP contribution is 2.17. The molecule has 0 aliphatic heterocycles. The van der Waals surface area contributed by atoms with Crippen LogP contribution in [0.5, 0.6) is 0 Å². The second kappa shape index (κ2) is 10.2. The van der Waals surface area contributed by atoms with Crippen molar-refractivity contribution in [2.75, 3.05) is 5.32 Å². The number of anilines is 1. The minimum absolute atomic E-state index is 0.0212. The van der Waals surface area contributed by atoms with Gasteiger partial charge in [0.15, 0.2) is 10.4 Å². The number of hydrogen-bond donors (Lipinski definition) is 2. The minimum atomic E-state index is -0.607. The summed E-state index contributed by atoms with van der Waals surface area (Å²) in [7, 11) is 0. The summed E-state index contributed by atoms with van der Waals surface area (Å²) in [6, 6.07) is 17.8. The van der Waals surface area contributed by atoms with Crippen molar-refractivity contribution in [3.8, 4) is 0 Å². The monoisotopic (exact) mass is 481 g/mol. The Hall–Kier alpha value is -3.98. The Morgan fingerprint density at radius 1 is 1.00 bits per heavy atom. The Morgan fingerprint density at radius 2 is 1.71 bits per heavy atom. The van der Waals surface area contributed by atoms with Crippen molar-refractivity contribution < 1.29 is 18.9 Å². The van der Waals surface area contributed by atoms with Gasteiger partial charge in [-0.15, -0.1) is 0 Å². The Bertz CT molecular complexity index is 1150. The molecule has 0 aliphatic rings. The molecule has 0 aliphatic carbocycles. The Morgan fingerprint density at radius 3 is 2.32 bits per heavy atom. The number of halogens is 1. The van der Waals surface area contributed by atoms with Crippen LogP contribution >= 0.6 is 15.9 Å². The molecule has 0 radical (unpaired) electrons. The summed E-state index contributed by atoms with van der Waals surface area (Å²) in [6.45, 7) is 0. The molecule has 3 rings (SSSR count). The van der Waals surface area contributed by atoms with E-state index >= 15 is 0 Å². The summed E-state index contributed by atoms with van der Waals surface area (Å²) in [5.41, 5.74) is 1.11. The van der Waals surface area contributed by atoms with E-state index in [0.29, 0.717) is 10.4 Å². The normalized spacial score (nSPS) is 11.3. The Balaban J connectivity index is 1.80. The number of hydrogen-bond acceptors (Lipinski definition) is 5. The molecule has 0 fully saturated rings. The molecule has 2 N–H and O–H groups in total. The number of allylic oxidation sites excluding steroid dienone is 2. The average Bonchev–Trinajstić information content (AvgIpc) is 3.20. The fourth-order valence-corrected chi connectivity index (χ4v) is 2.79. The van der Waals surface area contributed by atoms with Crippen molar-refractivity contribution in [2.24, 2.45) is 0 Å². The van der Waals surface area contributed by atoms with Gasteiger partial charge in [0.2, 0.25) is 0 Å². The third kappa shape index (κ3) is 6.25. The lowest BCUT2D eigenvalue weighted by atomic mass is 10.2. The van der Waals surface area contributed by atoms with Gasteiger partial charge in [0.25, 0.3) is 17.5 Å². The number of nitrogens with one attached hydrogen (secondary N) is 2. The van der Waals surface area contributed by atoms with Crippen LogP contribution in [0.25, 0.3) is 6.08 Å². The van der Waals surface area contributed by atoms with E-state index in [1.165, 1.54) is 36.4 Å². The number of non-ortho nitro benzene ring substituents is 1. The zero-order valence-corrected chi connectivity index (χ0v) is 17.5. The van der Waals surface area contributed by atoms with E-state index in [2.05, 4.69) is 26.6 Å². The number of benzene rings is 2. The van der Waals surface area contributed by atoms with Crippen molar-refractivity contribution in [2.45, 2.75) is 0 Å². The van der Waals surface area contributed by atoms with Crippen LogP contribution in [-0.4, -0.2) is 16.7 Å². The maximum atomic E-state index is 12.7. The van der Waals surface area contributed by atoms with E-state index in [9.17, 15) is 19.7 Å². The fraction of sp³-hybridized carbons (Fsp3) is 0. The van der Waals surface area contributed by atoms with Crippen LogP contribution in [0.1, 0.15) is 16.1 Å². The highest BCUT2D eigenvalue weighted by Gasteiger charge is 2.17. The number of nitro benzene ring substituents is 1. The van der Waals surface area contributed by atoms with Crippen LogP contribution in [-0.2, 0) is 4.79 Å². The van der Waals surface area contributed by atoms with Crippen molar-refractivity contribution in [3.05, 3.63) is 111 Å². The van der Waals surface area contributed by atoms with Crippen molar-refractivity contribution in [3.63, 3.8) is 0 Å². The van der Waals surface area contributed by atoms with Gasteiger partial charge >= 0.3 is 0 Å². The molecule has 0 spiro atoms. The Labute approximate surface area is 185 Å². The van der Waals surface area contributed by atoms with Crippen molar-refractivity contribution >= 4 is 45.2 Å². The molecular weight excluding hydrogens is 466 g/mol. The lowest BCUT2D eigenvalue weighted by Gasteiger charge is -2.09. The maximum Gasteiger partial charge on any atom is 0.291 e. The largest absolute Gasteiger partial charge is 0.444 e. The van der Waals surface area contributed by atoms with E-state index in [1.807, 2.05) is 30.3 Å². The highest BCUT2D eigenvalue weighted by molar-refractivity contribution is 9.10. The highest BCUT2D eigenvalue weighted by atomic mass is 79.9. The molecule has 8 nitrogen and oxygen atoms in total. The first-order valence-electron chi connectivity index (χ1n) is 8.98. The first-order valence-corrected chi connectivity index (χ1v) is 9.77. The van der Waals surface area contributed by atoms with Gasteiger partial charge in [-0.25, -0.2) is 0 Å². The lowest BCUT2D eigenvalue weighted by Crippen LogP contribution is -2.30. The van der Waals surface area contributed by atoms with Gasteiger partial charge in [-0.3, -0.25) is 19.7 Å². The number of amides is 2. The summed E-state index contributed by atoms with van der Waals surface area (Å²) < 4.78 is 5.59. The molecule has 3 aromatic rings. The number of rotatable bonds is 7. The molecule has 0 saturated heterocycles. The van der Waals surface area contributed by atoms with Gasteiger partial charge in [0.05, 0.1) is 4.92 Å².